The van der Waals surface area contributed by atoms with Crippen molar-refractivity contribution in [1.82, 2.24) is 5.32 Å². The number of ether oxygens (including phenoxy) is 1. The topological polar surface area (TPSA) is 87.1 Å². The maximum absolute atomic E-state index is 13.6. The molecule has 1 N–H and O–H groups in total. The molecule has 0 radical (unpaired) electrons. The number of nitrogens with one attached hydrogen (secondary N) is 1. The van der Waals surface area contributed by atoms with Crippen LogP contribution < -0.4 is 5.32 Å². The third-order valence-corrected chi connectivity index (χ3v) is 2.72. The number of hydrogen-bond donors (Lipinski definition) is 1. The zero-order valence-electron chi connectivity index (χ0n) is 11.2. The Morgan fingerprint density at radius 3 is 2.68 bits per heavy atom. The second kappa shape index (κ2) is 5.61. The Kier molecular flexibility index (Phi) is 4.57. The van der Waals surface area contributed by atoms with Crippen LogP contribution in [0, 0.1) is 0 Å². The highest BCUT2D eigenvalue weighted by atomic mass is 19.3. The Bertz CT molecular complexity index is 389. The summed E-state index contributed by atoms with van der Waals surface area (Å²) in [5.41, 5.74) is 7.66. The van der Waals surface area contributed by atoms with Crippen molar-refractivity contribution in [3.63, 3.8) is 0 Å². The van der Waals surface area contributed by atoms with Crippen LogP contribution in [-0.4, -0.2) is 29.7 Å². The molecule has 1 aliphatic carbocycles. The Morgan fingerprint density at radius 1 is 1.53 bits per heavy atom. The molecule has 1 rings (SSSR count). The van der Waals surface area contributed by atoms with E-state index in [0.717, 1.165) is 0 Å². The monoisotopic (exact) mass is 276 g/mol. The molecule has 0 aliphatic heterocycles. The molecule has 0 heterocycles. The van der Waals surface area contributed by atoms with Crippen molar-refractivity contribution in [2.45, 2.75) is 63.6 Å². The molecule has 8 heteroatoms. The number of carbonyl (C=O) groups excluding carboxylic acids is 1. The number of azide groups is 1. The van der Waals surface area contributed by atoms with E-state index in [1.807, 2.05) is 0 Å². The van der Waals surface area contributed by atoms with E-state index >= 15 is 0 Å². The number of alkyl halides is 2. The van der Waals surface area contributed by atoms with Crippen molar-refractivity contribution >= 4 is 6.09 Å². The SMILES string of the molecule is CC(C)(C)OC(=O)N[C@@H]1CCCC(F)(F)C1N=[N+]=[N-]. The number of halogens is 2. The first-order valence-electron chi connectivity index (χ1n) is 6.07. The Balaban J connectivity index is 2.74. The highest BCUT2D eigenvalue weighted by molar-refractivity contribution is 5.68. The molecule has 1 aliphatic rings. The molecule has 0 aromatic rings. The Hall–Kier alpha value is -1.56. The third-order valence-electron chi connectivity index (χ3n) is 2.72. The van der Waals surface area contributed by atoms with Crippen molar-refractivity contribution in [2.24, 2.45) is 5.11 Å². The predicted octanol–water partition coefficient (Wildman–Crippen LogP) is 3.38. The van der Waals surface area contributed by atoms with Gasteiger partial charge >= 0.3 is 6.09 Å². The fourth-order valence-electron chi connectivity index (χ4n) is 1.99. The largest absolute Gasteiger partial charge is 0.444 e. The van der Waals surface area contributed by atoms with Crippen molar-refractivity contribution in [1.29, 1.82) is 0 Å². The summed E-state index contributed by atoms with van der Waals surface area (Å²) in [7, 11) is 0. The minimum atomic E-state index is -3.11. The molecule has 0 aromatic carbocycles. The van der Waals surface area contributed by atoms with Gasteiger partial charge in [0.25, 0.3) is 5.92 Å². The molecule has 1 amide bonds. The maximum Gasteiger partial charge on any atom is 0.407 e. The standard InChI is InChI=1S/C11H18F2N4O2/c1-10(2,3)19-9(18)15-7-5-4-6-11(12,13)8(7)16-17-14/h7-8H,4-6H2,1-3H3,(H,15,18)/t7-,8?/m1/s1. The van der Waals surface area contributed by atoms with Crippen LogP contribution in [0.2, 0.25) is 0 Å². The lowest BCUT2D eigenvalue weighted by Crippen LogP contribution is -2.53. The number of nitrogens with zero attached hydrogens (tertiary/aromatic N) is 3. The van der Waals surface area contributed by atoms with Gasteiger partial charge in [0.2, 0.25) is 0 Å². The van der Waals surface area contributed by atoms with Crippen molar-refractivity contribution in [3.05, 3.63) is 10.4 Å². The second-order valence-electron chi connectivity index (χ2n) is 5.56. The molecule has 1 saturated carbocycles. The predicted molar refractivity (Wildman–Crippen MR) is 64.9 cm³/mol. The van der Waals surface area contributed by atoms with Gasteiger partial charge in [-0.25, -0.2) is 13.6 Å². The minimum Gasteiger partial charge on any atom is -0.444 e. The van der Waals surface area contributed by atoms with E-state index in [2.05, 4.69) is 15.3 Å². The first-order valence-corrected chi connectivity index (χ1v) is 6.07. The molecule has 1 fully saturated rings. The molecule has 0 saturated heterocycles. The molecule has 6 nitrogen and oxygen atoms in total. The smallest absolute Gasteiger partial charge is 0.407 e. The molecule has 0 bridgehead atoms. The number of alkyl carbamates (subject to hydrolysis) is 1. The van der Waals surface area contributed by atoms with Gasteiger partial charge in [-0.05, 0) is 39.1 Å². The second-order valence-corrected chi connectivity index (χ2v) is 5.56. The number of amides is 1. The van der Waals surface area contributed by atoms with Crippen LogP contribution in [0.4, 0.5) is 13.6 Å². The van der Waals surface area contributed by atoms with Gasteiger partial charge in [0.05, 0.1) is 0 Å². The molecule has 2 atom stereocenters. The number of rotatable bonds is 2. The van der Waals surface area contributed by atoms with E-state index in [1.165, 1.54) is 0 Å². The van der Waals surface area contributed by atoms with Gasteiger partial charge in [0.15, 0.2) is 0 Å². The van der Waals surface area contributed by atoms with E-state index < -0.39 is 29.7 Å². The van der Waals surface area contributed by atoms with Gasteiger partial charge in [0.1, 0.15) is 11.6 Å². The summed E-state index contributed by atoms with van der Waals surface area (Å²) in [5, 5.41) is 5.49. The number of hydrogen-bond acceptors (Lipinski definition) is 3. The van der Waals surface area contributed by atoms with E-state index in [4.69, 9.17) is 10.3 Å². The lowest BCUT2D eigenvalue weighted by atomic mass is 9.87. The van der Waals surface area contributed by atoms with E-state index in [-0.39, 0.29) is 12.8 Å². The maximum atomic E-state index is 13.6. The van der Waals surface area contributed by atoms with E-state index in [1.54, 1.807) is 20.8 Å². The molecular weight excluding hydrogens is 258 g/mol. The summed E-state index contributed by atoms with van der Waals surface area (Å²) in [6.07, 6.45) is -0.541. The van der Waals surface area contributed by atoms with Crippen LogP contribution >= 0.6 is 0 Å². The zero-order chi connectivity index (χ0) is 14.7. The normalized spacial score (nSPS) is 26.2. The van der Waals surface area contributed by atoms with Gasteiger partial charge in [0, 0.05) is 17.4 Å². The Morgan fingerprint density at radius 2 is 2.16 bits per heavy atom. The third kappa shape index (κ3) is 4.55. The molecule has 108 valence electrons. The average molecular weight is 276 g/mol. The fraction of sp³-hybridized carbons (Fsp3) is 0.909. The molecule has 0 aromatic heterocycles. The lowest BCUT2D eigenvalue weighted by molar-refractivity contribution is -0.0627. The average Bonchev–Trinajstić information content (AvgIpc) is 2.20. The van der Waals surface area contributed by atoms with Crippen LogP contribution in [0.3, 0.4) is 0 Å². The van der Waals surface area contributed by atoms with Crippen LogP contribution in [0.25, 0.3) is 10.4 Å². The van der Waals surface area contributed by atoms with Gasteiger partial charge in [-0.15, -0.1) is 0 Å². The molecule has 19 heavy (non-hydrogen) atoms. The molecule has 0 spiro atoms. The van der Waals surface area contributed by atoms with Gasteiger partial charge in [-0.3, -0.25) is 0 Å². The zero-order valence-corrected chi connectivity index (χ0v) is 11.2. The van der Waals surface area contributed by atoms with E-state index in [9.17, 15) is 13.6 Å². The van der Waals surface area contributed by atoms with Gasteiger partial charge in [-0.1, -0.05) is 5.11 Å². The first kappa shape index (κ1) is 15.5. The number of carbonyl (C=O) groups is 1. The summed E-state index contributed by atoms with van der Waals surface area (Å²) >= 11 is 0. The summed E-state index contributed by atoms with van der Waals surface area (Å²) < 4.78 is 32.3. The quantitative estimate of drug-likeness (QED) is 0.476. The fourth-order valence-corrected chi connectivity index (χ4v) is 1.99. The van der Waals surface area contributed by atoms with Crippen molar-refractivity contribution in [3.8, 4) is 0 Å². The van der Waals surface area contributed by atoms with Crippen molar-refractivity contribution in [2.75, 3.05) is 0 Å². The molecular formula is C11H18F2N4O2. The van der Waals surface area contributed by atoms with Crippen LogP contribution in [0.5, 0.6) is 0 Å². The van der Waals surface area contributed by atoms with Crippen LogP contribution in [-0.2, 0) is 4.74 Å². The summed E-state index contributed by atoms with van der Waals surface area (Å²) in [6.45, 7) is 5.02. The minimum absolute atomic E-state index is 0.255. The lowest BCUT2D eigenvalue weighted by Gasteiger charge is -2.35. The molecule has 1 unspecified atom stereocenters. The first-order chi connectivity index (χ1) is 8.65. The van der Waals surface area contributed by atoms with E-state index in [0.29, 0.717) is 6.42 Å². The van der Waals surface area contributed by atoms with Crippen LogP contribution in [0.1, 0.15) is 40.0 Å². The highest BCUT2D eigenvalue weighted by Gasteiger charge is 2.47. The Labute approximate surface area is 110 Å². The summed E-state index contributed by atoms with van der Waals surface area (Å²) in [6, 6.07) is -2.48. The van der Waals surface area contributed by atoms with Gasteiger partial charge in [-0.2, -0.15) is 0 Å². The van der Waals surface area contributed by atoms with Gasteiger partial charge < -0.3 is 10.1 Å². The van der Waals surface area contributed by atoms with Crippen molar-refractivity contribution < 1.29 is 18.3 Å². The summed E-state index contributed by atoms with van der Waals surface area (Å²) in [4.78, 5) is 14.0. The highest BCUT2D eigenvalue weighted by Crippen LogP contribution is 2.36. The van der Waals surface area contributed by atoms with Crippen LogP contribution in [0.15, 0.2) is 5.11 Å². The summed E-state index contributed by atoms with van der Waals surface area (Å²) in [5.74, 6) is -3.11.